The number of amides is 1. The lowest BCUT2D eigenvalue weighted by molar-refractivity contribution is 0.0464. The molecule has 0 aromatic heterocycles. The first-order valence-corrected chi connectivity index (χ1v) is 4.99. The van der Waals surface area contributed by atoms with Gasteiger partial charge in [0.2, 0.25) is 0 Å². The summed E-state index contributed by atoms with van der Waals surface area (Å²) in [5.41, 5.74) is -0.491. The first-order chi connectivity index (χ1) is 6.85. The number of methoxy groups -OCH3 is 1. The Kier molecular flexibility index (Phi) is 6.27. The van der Waals surface area contributed by atoms with Gasteiger partial charge >= 0.3 is 6.09 Å². The van der Waals surface area contributed by atoms with Crippen LogP contribution in [-0.2, 0) is 9.47 Å². The van der Waals surface area contributed by atoms with Crippen LogP contribution in [-0.4, -0.2) is 43.2 Å². The number of alkyl carbamates (subject to hydrolysis) is 1. The highest BCUT2D eigenvalue weighted by Crippen LogP contribution is 2.06. The summed E-state index contributed by atoms with van der Waals surface area (Å²) in [6.45, 7) is 6.04. The molecule has 0 heterocycles. The topological polar surface area (TPSA) is 67.8 Å². The van der Waals surface area contributed by atoms with Gasteiger partial charge in [-0.25, -0.2) is 4.79 Å². The second-order valence-electron chi connectivity index (χ2n) is 4.33. The number of hydrogen-bond donors (Lipinski definition) is 2. The van der Waals surface area contributed by atoms with Gasteiger partial charge in [0.1, 0.15) is 5.60 Å². The van der Waals surface area contributed by atoms with E-state index in [0.717, 1.165) is 0 Å². The number of carbonyl (C=O) groups is 1. The van der Waals surface area contributed by atoms with Gasteiger partial charge in [0.05, 0.1) is 12.7 Å². The van der Waals surface area contributed by atoms with Crippen LogP contribution in [0.15, 0.2) is 0 Å². The van der Waals surface area contributed by atoms with Gasteiger partial charge in [-0.3, -0.25) is 0 Å². The van der Waals surface area contributed by atoms with E-state index in [2.05, 4.69) is 5.32 Å². The van der Waals surface area contributed by atoms with Crippen molar-refractivity contribution in [3.8, 4) is 0 Å². The van der Waals surface area contributed by atoms with Crippen LogP contribution in [0.2, 0.25) is 0 Å². The van der Waals surface area contributed by atoms with Crippen LogP contribution in [0.1, 0.15) is 27.2 Å². The first kappa shape index (κ1) is 14.2. The smallest absolute Gasteiger partial charge is 0.407 e. The maximum atomic E-state index is 11.2. The van der Waals surface area contributed by atoms with Gasteiger partial charge < -0.3 is 19.9 Å². The number of rotatable bonds is 5. The zero-order valence-corrected chi connectivity index (χ0v) is 9.87. The molecule has 0 aliphatic rings. The number of aliphatic hydroxyl groups excluding tert-OH is 1. The predicted octanol–water partition coefficient (Wildman–Crippen LogP) is 0.908. The fraction of sp³-hybridized carbons (Fsp3) is 0.900. The highest BCUT2D eigenvalue weighted by atomic mass is 16.6. The normalized spacial score (nSPS) is 13.4. The van der Waals surface area contributed by atoms with Gasteiger partial charge in [0, 0.05) is 13.7 Å². The molecule has 0 saturated heterocycles. The van der Waals surface area contributed by atoms with Crippen molar-refractivity contribution in [2.75, 3.05) is 20.3 Å². The van der Waals surface area contributed by atoms with Crippen LogP contribution in [0.5, 0.6) is 0 Å². The molecule has 0 aliphatic carbocycles. The summed E-state index contributed by atoms with van der Waals surface area (Å²) in [5, 5.41) is 11.8. The number of aliphatic hydroxyl groups is 1. The molecule has 1 atom stereocenters. The second-order valence-corrected chi connectivity index (χ2v) is 4.33. The molecule has 15 heavy (non-hydrogen) atoms. The Morgan fingerprint density at radius 1 is 1.47 bits per heavy atom. The molecule has 5 heteroatoms. The summed E-state index contributed by atoms with van der Waals surface area (Å²) >= 11 is 0. The molecule has 1 amide bonds. The Labute approximate surface area is 90.8 Å². The molecule has 0 bridgehead atoms. The van der Waals surface area contributed by atoms with Gasteiger partial charge in [-0.05, 0) is 27.2 Å². The van der Waals surface area contributed by atoms with Gasteiger partial charge in [-0.2, -0.15) is 0 Å². The van der Waals surface area contributed by atoms with Crippen LogP contribution >= 0.6 is 0 Å². The third-order valence-corrected chi connectivity index (χ3v) is 1.50. The SMILES string of the molecule is COCC(O)CCNC(=O)OC(C)(C)C. The average molecular weight is 219 g/mol. The molecule has 0 rings (SSSR count). The van der Waals surface area contributed by atoms with Gasteiger partial charge in [-0.1, -0.05) is 0 Å². The maximum absolute atomic E-state index is 11.2. The minimum Gasteiger partial charge on any atom is -0.444 e. The van der Waals surface area contributed by atoms with E-state index < -0.39 is 17.8 Å². The molecular weight excluding hydrogens is 198 g/mol. The lowest BCUT2D eigenvalue weighted by Crippen LogP contribution is -2.34. The molecule has 0 spiro atoms. The fourth-order valence-corrected chi connectivity index (χ4v) is 0.931. The fourth-order valence-electron chi connectivity index (χ4n) is 0.931. The van der Waals surface area contributed by atoms with Crippen molar-refractivity contribution in [1.82, 2.24) is 5.32 Å². The van der Waals surface area contributed by atoms with E-state index >= 15 is 0 Å². The number of hydrogen-bond acceptors (Lipinski definition) is 4. The summed E-state index contributed by atoms with van der Waals surface area (Å²) in [6, 6.07) is 0. The van der Waals surface area contributed by atoms with E-state index in [1.165, 1.54) is 7.11 Å². The van der Waals surface area contributed by atoms with Crippen molar-refractivity contribution in [3.05, 3.63) is 0 Å². The van der Waals surface area contributed by atoms with Crippen molar-refractivity contribution < 1.29 is 19.4 Å². The van der Waals surface area contributed by atoms with Crippen molar-refractivity contribution in [2.24, 2.45) is 0 Å². The second kappa shape index (κ2) is 6.63. The van der Waals surface area contributed by atoms with Crippen LogP contribution in [0.25, 0.3) is 0 Å². The Hall–Kier alpha value is -0.810. The minimum atomic E-state index is -0.551. The van der Waals surface area contributed by atoms with Gasteiger partial charge in [-0.15, -0.1) is 0 Å². The summed E-state index contributed by atoms with van der Waals surface area (Å²) in [5.74, 6) is 0. The van der Waals surface area contributed by atoms with Crippen molar-refractivity contribution in [2.45, 2.75) is 38.9 Å². The molecule has 0 aromatic rings. The Morgan fingerprint density at radius 2 is 2.07 bits per heavy atom. The average Bonchev–Trinajstić information content (AvgIpc) is 2.00. The van der Waals surface area contributed by atoms with E-state index in [1.807, 2.05) is 0 Å². The van der Waals surface area contributed by atoms with Crippen LogP contribution in [0.3, 0.4) is 0 Å². The zero-order chi connectivity index (χ0) is 11.9. The molecule has 5 nitrogen and oxygen atoms in total. The highest BCUT2D eigenvalue weighted by molar-refractivity contribution is 5.67. The first-order valence-electron chi connectivity index (χ1n) is 4.99. The third kappa shape index (κ3) is 9.49. The lowest BCUT2D eigenvalue weighted by atomic mass is 10.2. The molecule has 0 saturated carbocycles. The van der Waals surface area contributed by atoms with Gasteiger partial charge in [0.25, 0.3) is 0 Å². The Morgan fingerprint density at radius 3 is 2.53 bits per heavy atom. The van der Waals surface area contributed by atoms with Crippen molar-refractivity contribution in [1.29, 1.82) is 0 Å². The third-order valence-electron chi connectivity index (χ3n) is 1.50. The summed E-state index contributed by atoms with van der Waals surface area (Å²) in [6.07, 6.45) is -0.565. The molecule has 0 radical (unpaired) electrons. The highest BCUT2D eigenvalue weighted by Gasteiger charge is 2.15. The number of nitrogens with one attached hydrogen (secondary N) is 1. The summed E-state index contributed by atoms with van der Waals surface area (Å²) in [7, 11) is 1.52. The molecule has 2 N–H and O–H groups in total. The van der Waals surface area contributed by atoms with Crippen LogP contribution in [0.4, 0.5) is 4.79 Å². The quantitative estimate of drug-likeness (QED) is 0.721. The Bertz CT molecular complexity index is 188. The maximum Gasteiger partial charge on any atom is 0.407 e. The monoisotopic (exact) mass is 219 g/mol. The van der Waals surface area contributed by atoms with E-state index in [4.69, 9.17) is 9.47 Å². The molecule has 0 aromatic carbocycles. The van der Waals surface area contributed by atoms with Gasteiger partial charge in [0.15, 0.2) is 0 Å². The summed E-state index contributed by atoms with van der Waals surface area (Å²) < 4.78 is 9.76. The molecule has 90 valence electrons. The lowest BCUT2D eigenvalue weighted by Gasteiger charge is -2.20. The van der Waals surface area contributed by atoms with E-state index in [9.17, 15) is 9.90 Å². The van der Waals surface area contributed by atoms with E-state index in [0.29, 0.717) is 13.0 Å². The van der Waals surface area contributed by atoms with E-state index in [-0.39, 0.29) is 6.61 Å². The zero-order valence-electron chi connectivity index (χ0n) is 9.87. The van der Waals surface area contributed by atoms with Crippen LogP contribution < -0.4 is 5.32 Å². The summed E-state index contributed by atoms with van der Waals surface area (Å²) in [4.78, 5) is 11.2. The van der Waals surface area contributed by atoms with Crippen molar-refractivity contribution in [3.63, 3.8) is 0 Å². The molecule has 0 fully saturated rings. The number of ether oxygens (including phenoxy) is 2. The van der Waals surface area contributed by atoms with Crippen molar-refractivity contribution >= 4 is 6.09 Å². The molecule has 0 aliphatic heterocycles. The predicted molar refractivity (Wildman–Crippen MR) is 56.7 cm³/mol. The molecular formula is C10H21NO4. The minimum absolute atomic E-state index is 0.274. The standard InChI is InChI=1S/C10H21NO4/c1-10(2,3)15-9(13)11-6-5-8(12)7-14-4/h8,12H,5-7H2,1-4H3,(H,11,13). The number of carbonyl (C=O) groups excluding carboxylic acids is 1. The van der Waals surface area contributed by atoms with E-state index in [1.54, 1.807) is 20.8 Å². The molecule has 1 unspecified atom stereocenters. The van der Waals surface area contributed by atoms with Crippen LogP contribution in [0, 0.1) is 0 Å². The largest absolute Gasteiger partial charge is 0.444 e. The Balaban J connectivity index is 3.55.